The quantitative estimate of drug-likeness (QED) is 0.855. The number of anilines is 1. The molecule has 4 heteroatoms. The second-order valence-electron chi connectivity index (χ2n) is 4.99. The van der Waals surface area contributed by atoms with Crippen molar-refractivity contribution in [3.05, 3.63) is 28.8 Å². The molecule has 4 nitrogen and oxygen atoms in total. The summed E-state index contributed by atoms with van der Waals surface area (Å²) in [6.45, 7) is 7.51. The van der Waals surface area contributed by atoms with Crippen molar-refractivity contribution < 1.29 is 14.7 Å². The first-order chi connectivity index (χ1) is 8.86. The summed E-state index contributed by atoms with van der Waals surface area (Å²) in [6, 6.07) is 3.45. The smallest absolute Gasteiger partial charge is 0.337 e. The van der Waals surface area contributed by atoms with E-state index in [9.17, 15) is 14.7 Å². The molecule has 1 unspecified atom stereocenters. The van der Waals surface area contributed by atoms with E-state index in [1.54, 1.807) is 13.0 Å². The van der Waals surface area contributed by atoms with E-state index < -0.39 is 5.97 Å². The summed E-state index contributed by atoms with van der Waals surface area (Å²) in [7, 11) is 0. The molecule has 0 aromatic heterocycles. The van der Waals surface area contributed by atoms with Crippen LogP contribution in [-0.2, 0) is 4.79 Å². The number of aryl methyl sites for hydroxylation is 2. The molecule has 1 amide bonds. The van der Waals surface area contributed by atoms with Crippen molar-refractivity contribution in [3.8, 4) is 0 Å². The van der Waals surface area contributed by atoms with Gasteiger partial charge < -0.3 is 10.4 Å². The summed E-state index contributed by atoms with van der Waals surface area (Å²) in [6.07, 6.45) is 1.71. The highest BCUT2D eigenvalue weighted by molar-refractivity contribution is 6.02. The molecule has 0 saturated carbocycles. The molecule has 1 aromatic rings. The van der Waals surface area contributed by atoms with Crippen LogP contribution in [0.15, 0.2) is 12.1 Å². The first-order valence-electron chi connectivity index (χ1n) is 6.52. The van der Waals surface area contributed by atoms with Crippen LogP contribution in [0.2, 0.25) is 0 Å². The summed E-state index contributed by atoms with van der Waals surface area (Å²) >= 11 is 0. The number of carbonyl (C=O) groups is 2. The van der Waals surface area contributed by atoms with E-state index in [1.807, 2.05) is 26.8 Å². The Morgan fingerprint density at radius 3 is 2.47 bits per heavy atom. The number of hydrogen-bond acceptors (Lipinski definition) is 2. The molecule has 1 atom stereocenters. The highest BCUT2D eigenvalue weighted by Crippen LogP contribution is 2.24. The lowest BCUT2D eigenvalue weighted by molar-refractivity contribution is -0.119. The van der Waals surface area contributed by atoms with Crippen molar-refractivity contribution in [1.82, 2.24) is 0 Å². The molecule has 0 saturated heterocycles. The van der Waals surface area contributed by atoms with Gasteiger partial charge in [-0.25, -0.2) is 4.79 Å². The highest BCUT2D eigenvalue weighted by Gasteiger charge is 2.18. The molecule has 0 aliphatic rings. The topological polar surface area (TPSA) is 66.4 Å². The molecule has 2 N–H and O–H groups in total. The van der Waals surface area contributed by atoms with E-state index in [0.717, 1.165) is 24.0 Å². The van der Waals surface area contributed by atoms with Crippen LogP contribution in [0.3, 0.4) is 0 Å². The number of carbonyl (C=O) groups excluding carboxylic acids is 1. The van der Waals surface area contributed by atoms with E-state index in [1.165, 1.54) is 0 Å². The maximum Gasteiger partial charge on any atom is 0.337 e. The molecule has 0 heterocycles. The zero-order valence-corrected chi connectivity index (χ0v) is 11.9. The SMILES string of the molecule is CCCC(C)C(=O)Nc1c(C)cc(C)cc1C(=O)O. The van der Waals surface area contributed by atoms with Gasteiger partial charge in [0.25, 0.3) is 0 Å². The fraction of sp³-hybridized carbons (Fsp3) is 0.467. The van der Waals surface area contributed by atoms with Gasteiger partial charge in [-0.2, -0.15) is 0 Å². The maximum absolute atomic E-state index is 12.0. The van der Waals surface area contributed by atoms with Gasteiger partial charge >= 0.3 is 5.97 Å². The number of benzene rings is 1. The largest absolute Gasteiger partial charge is 0.478 e. The van der Waals surface area contributed by atoms with Crippen molar-refractivity contribution in [3.63, 3.8) is 0 Å². The number of hydrogen-bond donors (Lipinski definition) is 2. The van der Waals surface area contributed by atoms with Crippen LogP contribution in [0, 0.1) is 19.8 Å². The van der Waals surface area contributed by atoms with Gasteiger partial charge in [0.15, 0.2) is 0 Å². The predicted octanol–water partition coefficient (Wildman–Crippen LogP) is 3.38. The third-order valence-electron chi connectivity index (χ3n) is 3.13. The summed E-state index contributed by atoms with van der Waals surface area (Å²) < 4.78 is 0. The summed E-state index contributed by atoms with van der Waals surface area (Å²) in [5.74, 6) is -1.27. The van der Waals surface area contributed by atoms with Crippen molar-refractivity contribution >= 4 is 17.6 Å². The van der Waals surface area contributed by atoms with Crippen molar-refractivity contribution in [2.24, 2.45) is 5.92 Å². The molecular formula is C15H21NO3. The van der Waals surface area contributed by atoms with Crippen LogP contribution >= 0.6 is 0 Å². The third kappa shape index (κ3) is 3.81. The molecule has 0 aliphatic carbocycles. The van der Waals surface area contributed by atoms with Crippen molar-refractivity contribution in [2.75, 3.05) is 5.32 Å². The molecule has 0 aliphatic heterocycles. The van der Waals surface area contributed by atoms with Gasteiger partial charge in [-0.1, -0.05) is 26.3 Å². The summed E-state index contributed by atoms with van der Waals surface area (Å²) in [5.41, 5.74) is 2.20. The van der Waals surface area contributed by atoms with Crippen LogP contribution in [-0.4, -0.2) is 17.0 Å². The number of carboxylic acid groups (broad SMARTS) is 1. The van der Waals surface area contributed by atoms with E-state index in [4.69, 9.17) is 0 Å². The molecule has 0 spiro atoms. The number of carboxylic acids is 1. The van der Waals surface area contributed by atoms with Gasteiger partial charge in [0.2, 0.25) is 5.91 Å². The molecule has 104 valence electrons. The van der Waals surface area contributed by atoms with Crippen LogP contribution in [0.1, 0.15) is 48.2 Å². The Balaban J connectivity index is 3.06. The average molecular weight is 263 g/mol. The molecule has 19 heavy (non-hydrogen) atoms. The molecule has 1 aromatic carbocycles. The van der Waals surface area contributed by atoms with Gasteiger partial charge in [-0.05, 0) is 37.5 Å². The Morgan fingerprint density at radius 1 is 1.32 bits per heavy atom. The minimum Gasteiger partial charge on any atom is -0.478 e. The van der Waals surface area contributed by atoms with Crippen LogP contribution in [0.4, 0.5) is 5.69 Å². The van der Waals surface area contributed by atoms with Gasteiger partial charge in [-0.15, -0.1) is 0 Å². The van der Waals surface area contributed by atoms with E-state index in [-0.39, 0.29) is 17.4 Å². The second kappa shape index (κ2) is 6.36. The Morgan fingerprint density at radius 2 is 1.95 bits per heavy atom. The molecule has 0 bridgehead atoms. The zero-order valence-electron chi connectivity index (χ0n) is 11.9. The van der Waals surface area contributed by atoms with Gasteiger partial charge in [0.05, 0.1) is 11.3 Å². The third-order valence-corrected chi connectivity index (χ3v) is 3.13. The zero-order chi connectivity index (χ0) is 14.6. The fourth-order valence-electron chi connectivity index (χ4n) is 2.11. The number of rotatable bonds is 5. The molecule has 0 fully saturated rings. The Hall–Kier alpha value is -1.84. The Bertz CT molecular complexity index is 494. The minimum atomic E-state index is -1.02. The van der Waals surface area contributed by atoms with E-state index >= 15 is 0 Å². The molecular weight excluding hydrogens is 242 g/mol. The second-order valence-corrected chi connectivity index (χ2v) is 4.99. The van der Waals surface area contributed by atoms with Crippen molar-refractivity contribution in [2.45, 2.75) is 40.5 Å². The van der Waals surface area contributed by atoms with Crippen molar-refractivity contribution in [1.29, 1.82) is 0 Å². The Labute approximate surface area is 113 Å². The van der Waals surface area contributed by atoms with E-state index in [2.05, 4.69) is 5.32 Å². The number of nitrogens with one attached hydrogen (secondary N) is 1. The monoisotopic (exact) mass is 263 g/mol. The first kappa shape index (κ1) is 15.2. The summed E-state index contributed by atoms with van der Waals surface area (Å²) in [4.78, 5) is 23.3. The fourth-order valence-corrected chi connectivity index (χ4v) is 2.11. The number of amides is 1. The van der Waals surface area contributed by atoms with Crippen LogP contribution < -0.4 is 5.32 Å². The van der Waals surface area contributed by atoms with Crippen LogP contribution in [0.5, 0.6) is 0 Å². The standard InChI is InChI=1S/C15H21NO3/c1-5-6-10(3)14(17)16-13-11(4)7-9(2)8-12(13)15(18)19/h7-8,10H,5-6H2,1-4H3,(H,16,17)(H,18,19). The average Bonchev–Trinajstić information content (AvgIpc) is 2.32. The minimum absolute atomic E-state index is 0.118. The summed E-state index contributed by atoms with van der Waals surface area (Å²) in [5, 5.41) is 12.0. The maximum atomic E-state index is 12.0. The van der Waals surface area contributed by atoms with E-state index in [0.29, 0.717) is 5.69 Å². The lowest BCUT2D eigenvalue weighted by atomic mass is 10.0. The Kier molecular flexibility index (Phi) is 5.10. The van der Waals surface area contributed by atoms with Gasteiger partial charge in [0, 0.05) is 5.92 Å². The van der Waals surface area contributed by atoms with Crippen LogP contribution in [0.25, 0.3) is 0 Å². The molecule has 0 radical (unpaired) electrons. The highest BCUT2D eigenvalue weighted by atomic mass is 16.4. The first-order valence-corrected chi connectivity index (χ1v) is 6.52. The molecule has 1 rings (SSSR count). The van der Waals surface area contributed by atoms with Gasteiger partial charge in [0.1, 0.15) is 0 Å². The lowest BCUT2D eigenvalue weighted by Gasteiger charge is -2.15. The lowest BCUT2D eigenvalue weighted by Crippen LogP contribution is -2.22. The van der Waals surface area contributed by atoms with Gasteiger partial charge in [-0.3, -0.25) is 4.79 Å². The predicted molar refractivity (Wildman–Crippen MR) is 75.6 cm³/mol. The number of aromatic carboxylic acids is 1. The normalized spacial score (nSPS) is 12.0.